The first-order valence-corrected chi connectivity index (χ1v) is 6.45. The Morgan fingerprint density at radius 1 is 1.22 bits per heavy atom. The van der Waals surface area contributed by atoms with Gasteiger partial charge in [0.15, 0.2) is 6.10 Å². The largest absolute Gasteiger partial charge is 0.479 e. The van der Waals surface area contributed by atoms with E-state index in [0.29, 0.717) is 18.9 Å². The van der Waals surface area contributed by atoms with Crippen LogP contribution in [0.4, 0.5) is 0 Å². The summed E-state index contributed by atoms with van der Waals surface area (Å²) in [5, 5.41) is 9.12. The van der Waals surface area contributed by atoms with E-state index in [-0.39, 0.29) is 0 Å². The van der Waals surface area contributed by atoms with E-state index in [1.165, 1.54) is 5.56 Å². The first kappa shape index (κ1) is 14.7. The van der Waals surface area contributed by atoms with Gasteiger partial charge in [0.2, 0.25) is 0 Å². The zero-order valence-electron chi connectivity index (χ0n) is 11.3. The molecule has 0 spiro atoms. The fraction of sp³-hybridized carbons (Fsp3) is 0.533. The van der Waals surface area contributed by atoms with E-state index < -0.39 is 12.1 Å². The lowest BCUT2D eigenvalue weighted by Gasteiger charge is -2.15. The monoisotopic (exact) mass is 250 g/mol. The summed E-state index contributed by atoms with van der Waals surface area (Å²) in [6.45, 7) is 6.59. The van der Waals surface area contributed by atoms with Gasteiger partial charge < -0.3 is 9.84 Å². The molecule has 3 heteroatoms. The van der Waals surface area contributed by atoms with E-state index in [1.807, 2.05) is 38.1 Å². The fourth-order valence-corrected chi connectivity index (χ4v) is 1.65. The molecule has 0 saturated heterocycles. The summed E-state index contributed by atoms with van der Waals surface area (Å²) in [4.78, 5) is 11.1. The summed E-state index contributed by atoms with van der Waals surface area (Å²) in [7, 11) is 0. The SMILES string of the molecule is CCc1ccc(C[C@H](OCC(C)C)C(=O)O)cc1. The first-order valence-electron chi connectivity index (χ1n) is 6.45. The molecule has 3 nitrogen and oxygen atoms in total. The van der Waals surface area contributed by atoms with Gasteiger partial charge in [-0.3, -0.25) is 0 Å². The van der Waals surface area contributed by atoms with Crippen LogP contribution < -0.4 is 0 Å². The molecule has 1 rings (SSSR count). The molecular formula is C15H22O3. The van der Waals surface area contributed by atoms with Crippen LogP contribution in [0.1, 0.15) is 31.9 Å². The predicted octanol–water partition coefficient (Wildman–Crippen LogP) is 2.92. The van der Waals surface area contributed by atoms with Gasteiger partial charge in [-0.05, 0) is 23.5 Å². The number of carboxylic acids is 1. The molecule has 100 valence electrons. The second-order valence-corrected chi connectivity index (χ2v) is 4.93. The van der Waals surface area contributed by atoms with E-state index in [9.17, 15) is 4.79 Å². The molecule has 0 aliphatic heterocycles. The number of aliphatic carboxylic acids is 1. The summed E-state index contributed by atoms with van der Waals surface area (Å²) in [6, 6.07) is 8.04. The number of benzene rings is 1. The quantitative estimate of drug-likeness (QED) is 0.809. The molecule has 1 N–H and O–H groups in total. The van der Waals surface area contributed by atoms with Crippen LogP contribution in [0, 0.1) is 5.92 Å². The molecule has 0 radical (unpaired) electrons. The Hall–Kier alpha value is -1.35. The number of rotatable bonds is 7. The van der Waals surface area contributed by atoms with Gasteiger partial charge in [-0.2, -0.15) is 0 Å². The Morgan fingerprint density at radius 2 is 1.78 bits per heavy atom. The van der Waals surface area contributed by atoms with Gasteiger partial charge in [-0.1, -0.05) is 45.0 Å². The maximum absolute atomic E-state index is 11.1. The standard InChI is InChI=1S/C15H22O3/c1-4-12-5-7-13(8-6-12)9-14(15(16)17)18-10-11(2)3/h5-8,11,14H,4,9-10H2,1-3H3,(H,16,17)/t14-/m0/s1. The van der Waals surface area contributed by atoms with Crippen LogP contribution in [-0.2, 0) is 22.4 Å². The minimum Gasteiger partial charge on any atom is -0.479 e. The molecule has 0 aliphatic rings. The highest BCUT2D eigenvalue weighted by atomic mass is 16.5. The van der Waals surface area contributed by atoms with Gasteiger partial charge in [0, 0.05) is 6.42 Å². The second-order valence-electron chi connectivity index (χ2n) is 4.93. The van der Waals surface area contributed by atoms with Crippen LogP contribution in [0.2, 0.25) is 0 Å². The number of hydrogen-bond acceptors (Lipinski definition) is 2. The molecule has 1 atom stereocenters. The lowest BCUT2D eigenvalue weighted by molar-refractivity contribution is -0.150. The molecule has 0 saturated carbocycles. The lowest BCUT2D eigenvalue weighted by atomic mass is 10.0. The van der Waals surface area contributed by atoms with Crippen molar-refractivity contribution in [3.63, 3.8) is 0 Å². The Morgan fingerprint density at radius 3 is 2.22 bits per heavy atom. The molecule has 1 aromatic carbocycles. The minimum absolute atomic E-state index is 0.342. The molecule has 0 amide bonds. The molecule has 0 unspecified atom stereocenters. The number of ether oxygens (including phenoxy) is 1. The number of hydrogen-bond donors (Lipinski definition) is 1. The maximum Gasteiger partial charge on any atom is 0.333 e. The summed E-state index contributed by atoms with van der Waals surface area (Å²) in [5.74, 6) is -0.551. The third-order valence-electron chi connectivity index (χ3n) is 2.76. The highest BCUT2D eigenvalue weighted by Gasteiger charge is 2.18. The van der Waals surface area contributed by atoms with E-state index in [1.54, 1.807) is 0 Å². The van der Waals surface area contributed by atoms with Crippen molar-refractivity contribution in [2.45, 2.75) is 39.7 Å². The lowest BCUT2D eigenvalue weighted by Crippen LogP contribution is -2.28. The van der Waals surface area contributed by atoms with Crippen molar-refractivity contribution in [2.75, 3.05) is 6.61 Å². The van der Waals surface area contributed by atoms with Crippen molar-refractivity contribution in [3.8, 4) is 0 Å². The van der Waals surface area contributed by atoms with Gasteiger partial charge in [-0.15, -0.1) is 0 Å². The minimum atomic E-state index is -0.893. The van der Waals surface area contributed by atoms with E-state index >= 15 is 0 Å². The molecule has 0 fully saturated rings. The second kappa shape index (κ2) is 7.17. The first-order chi connectivity index (χ1) is 8.52. The molecule has 18 heavy (non-hydrogen) atoms. The normalized spacial score (nSPS) is 12.7. The van der Waals surface area contributed by atoms with Gasteiger partial charge in [-0.25, -0.2) is 4.79 Å². The number of aryl methyl sites for hydroxylation is 1. The Bertz CT molecular complexity index is 368. The van der Waals surface area contributed by atoms with Crippen molar-refractivity contribution in [1.82, 2.24) is 0 Å². The van der Waals surface area contributed by atoms with Crippen LogP contribution in [0.3, 0.4) is 0 Å². The maximum atomic E-state index is 11.1. The summed E-state index contributed by atoms with van der Waals surface area (Å²) < 4.78 is 5.43. The van der Waals surface area contributed by atoms with Crippen LogP contribution in [0.15, 0.2) is 24.3 Å². The zero-order valence-corrected chi connectivity index (χ0v) is 11.3. The van der Waals surface area contributed by atoms with E-state index in [4.69, 9.17) is 9.84 Å². The highest BCUT2D eigenvalue weighted by molar-refractivity contribution is 5.72. The van der Waals surface area contributed by atoms with Crippen molar-refractivity contribution in [3.05, 3.63) is 35.4 Å². The highest BCUT2D eigenvalue weighted by Crippen LogP contribution is 2.10. The Balaban J connectivity index is 2.61. The topological polar surface area (TPSA) is 46.5 Å². The molecule has 0 bridgehead atoms. The summed E-state index contributed by atoms with van der Waals surface area (Å²) >= 11 is 0. The Labute approximate surface area is 109 Å². The van der Waals surface area contributed by atoms with E-state index in [2.05, 4.69) is 6.92 Å². The summed E-state index contributed by atoms with van der Waals surface area (Å²) in [5.41, 5.74) is 2.26. The van der Waals surface area contributed by atoms with Crippen molar-refractivity contribution in [2.24, 2.45) is 5.92 Å². The predicted molar refractivity (Wildman–Crippen MR) is 71.7 cm³/mol. The van der Waals surface area contributed by atoms with E-state index in [0.717, 1.165) is 12.0 Å². The zero-order chi connectivity index (χ0) is 13.5. The van der Waals surface area contributed by atoms with Gasteiger partial charge in [0.1, 0.15) is 0 Å². The molecular weight excluding hydrogens is 228 g/mol. The van der Waals surface area contributed by atoms with Gasteiger partial charge >= 0.3 is 5.97 Å². The van der Waals surface area contributed by atoms with Crippen LogP contribution in [0.5, 0.6) is 0 Å². The van der Waals surface area contributed by atoms with Gasteiger partial charge in [0.05, 0.1) is 6.61 Å². The van der Waals surface area contributed by atoms with Crippen LogP contribution in [-0.4, -0.2) is 23.8 Å². The number of carboxylic acid groups (broad SMARTS) is 1. The summed E-state index contributed by atoms with van der Waals surface area (Å²) in [6.07, 6.45) is 0.665. The number of carbonyl (C=O) groups is 1. The molecule has 0 aliphatic carbocycles. The van der Waals surface area contributed by atoms with Crippen molar-refractivity contribution < 1.29 is 14.6 Å². The third kappa shape index (κ3) is 4.88. The average Bonchev–Trinajstić information content (AvgIpc) is 2.34. The van der Waals surface area contributed by atoms with Crippen LogP contribution >= 0.6 is 0 Å². The third-order valence-corrected chi connectivity index (χ3v) is 2.76. The van der Waals surface area contributed by atoms with Gasteiger partial charge in [0.25, 0.3) is 0 Å². The van der Waals surface area contributed by atoms with Crippen molar-refractivity contribution >= 4 is 5.97 Å². The van der Waals surface area contributed by atoms with Crippen LogP contribution in [0.25, 0.3) is 0 Å². The molecule has 0 aromatic heterocycles. The average molecular weight is 250 g/mol. The molecule has 0 heterocycles. The smallest absolute Gasteiger partial charge is 0.333 e. The fourth-order valence-electron chi connectivity index (χ4n) is 1.65. The van der Waals surface area contributed by atoms with Crippen molar-refractivity contribution in [1.29, 1.82) is 0 Å². The Kier molecular flexibility index (Phi) is 5.86. The molecule has 1 aromatic rings.